The zero-order valence-corrected chi connectivity index (χ0v) is 13.1. The molecule has 3 aliphatic rings. The maximum atomic E-state index is 6.45. The molecule has 0 aromatic heterocycles. The molecule has 2 aliphatic carbocycles. The molecule has 0 radical (unpaired) electrons. The van der Waals surface area contributed by atoms with Crippen LogP contribution in [0.5, 0.6) is 0 Å². The number of nitrogens with one attached hydrogen (secondary N) is 1. The number of fused-ring (bicyclic) bond motifs is 3. The summed E-state index contributed by atoms with van der Waals surface area (Å²) in [4.78, 5) is 0. The quantitative estimate of drug-likeness (QED) is 0.778. The molecule has 21 heavy (non-hydrogen) atoms. The molecule has 1 aromatic rings. The van der Waals surface area contributed by atoms with Crippen molar-refractivity contribution < 1.29 is 4.74 Å². The highest BCUT2D eigenvalue weighted by Gasteiger charge is 2.43. The van der Waals surface area contributed by atoms with Crippen LogP contribution in [0.2, 0.25) is 0 Å². The molecule has 114 valence electrons. The summed E-state index contributed by atoms with van der Waals surface area (Å²) >= 11 is 0. The SMILES string of the molecule is CC1CCC2(CC1)COC1c3ccccc3CCCC1N2. The summed E-state index contributed by atoms with van der Waals surface area (Å²) in [5.41, 5.74) is 3.21. The largest absolute Gasteiger partial charge is 0.370 e. The molecule has 0 bridgehead atoms. The summed E-state index contributed by atoms with van der Waals surface area (Å²) in [6.45, 7) is 3.29. The second kappa shape index (κ2) is 5.40. The Morgan fingerprint density at radius 3 is 2.81 bits per heavy atom. The topological polar surface area (TPSA) is 21.3 Å². The van der Waals surface area contributed by atoms with Crippen molar-refractivity contribution >= 4 is 0 Å². The van der Waals surface area contributed by atoms with Gasteiger partial charge in [0.2, 0.25) is 0 Å². The zero-order valence-electron chi connectivity index (χ0n) is 13.1. The van der Waals surface area contributed by atoms with Gasteiger partial charge >= 0.3 is 0 Å². The van der Waals surface area contributed by atoms with Gasteiger partial charge in [0.1, 0.15) is 0 Å². The van der Waals surface area contributed by atoms with Crippen LogP contribution in [0.1, 0.15) is 62.7 Å². The Balaban J connectivity index is 1.57. The van der Waals surface area contributed by atoms with Crippen molar-refractivity contribution in [2.45, 2.75) is 69.6 Å². The highest BCUT2D eigenvalue weighted by molar-refractivity contribution is 5.32. The van der Waals surface area contributed by atoms with E-state index >= 15 is 0 Å². The smallest absolute Gasteiger partial charge is 0.0981 e. The molecule has 1 aliphatic heterocycles. The molecule has 4 rings (SSSR count). The van der Waals surface area contributed by atoms with E-state index in [1.54, 1.807) is 0 Å². The highest BCUT2D eigenvalue weighted by Crippen LogP contribution is 2.41. The van der Waals surface area contributed by atoms with Gasteiger partial charge in [0.05, 0.1) is 12.7 Å². The normalized spacial score (nSPS) is 39.4. The average Bonchev–Trinajstić information content (AvgIpc) is 2.69. The molecule has 2 nitrogen and oxygen atoms in total. The molecule has 2 atom stereocenters. The monoisotopic (exact) mass is 285 g/mol. The van der Waals surface area contributed by atoms with Crippen molar-refractivity contribution in [3.05, 3.63) is 35.4 Å². The summed E-state index contributed by atoms with van der Waals surface area (Å²) in [7, 11) is 0. The standard InChI is InChI=1S/C19H27NO/c1-14-9-11-19(12-10-14)13-21-18-16-7-3-2-5-15(16)6-4-8-17(18)20-19/h2-3,5,7,14,17-18,20H,4,6,8-13H2,1H3. The lowest BCUT2D eigenvalue weighted by Crippen LogP contribution is -2.60. The van der Waals surface area contributed by atoms with Crippen LogP contribution in [0.3, 0.4) is 0 Å². The molecule has 2 fully saturated rings. The molecule has 1 aromatic carbocycles. The summed E-state index contributed by atoms with van der Waals surface area (Å²) < 4.78 is 6.45. The minimum absolute atomic E-state index is 0.271. The van der Waals surface area contributed by atoms with Gasteiger partial charge in [0.15, 0.2) is 0 Å². The second-order valence-electron chi connectivity index (χ2n) is 7.54. The van der Waals surface area contributed by atoms with Gasteiger partial charge in [-0.15, -0.1) is 0 Å². The predicted molar refractivity (Wildman–Crippen MR) is 85.4 cm³/mol. The van der Waals surface area contributed by atoms with Gasteiger partial charge in [-0.2, -0.15) is 0 Å². The zero-order chi connectivity index (χ0) is 14.3. The van der Waals surface area contributed by atoms with Crippen LogP contribution in [0.15, 0.2) is 24.3 Å². The molecular weight excluding hydrogens is 258 g/mol. The van der Waals surface area contributed by atoms with Gasteiger partial charge in [-0.3, -0.25) is 0 Å². The Kier molecular flexibility index (Phi) is 3.55. The highest BCUT2D eigenvalue weighted by atomic mass is 16.5. The number of rotatable bonds is 0. The lowest BCUT2D eigenvalue weighted by molar-refractivity contribution is -0.0796. The van der Waals surface area contributed by atoms with Crippen LogP contribution in [0.25, 0.3) is 0 Å². The van der Waals surface area contributed by atoms with E-state index < -0.39 is 0 Å². The van der Waals surface area contributed by atoms with Gasteiger partial charge in [-0.25, -0.2) is 0 Å². The number of morpholine rings is 1. The molecule has 0 amide bonds. The number of ether oxygens (including phenoxy) is 1. The van der Waals surface area contributed by atoms with Crippen LogP contribution < -0.4 is 5.32 Å². The van der Waals surface area contributed by atoms with Gasteiger partial charge in [0.25, 0.3) is 0 Å². The van der Waals surface area contributed by atoms with Crippen molar-refractivity contribution in [1.29, 1.82) is 0 Å². The van der Waals surface area contributed by atoms with Crippen molar-refractivity contribution in [3.63, 3.8) is 0 Å². The summed E-state index contributed by atoms with van der Waals surface area (Å²) in [6.07, 6.45) is 9.29. The number of benzene rings is 1. The van der Waals surface area contributed by atoms with Crippen LogP contribution in [-0.4, -0.2) is 18.2 Å². The average molecular weight is 285 g/mol. The lowest BCUT2D eigenvalue weighted by Gasteiger charge is -2.49. The maximum Gasteiger partial charge on any atom is 0.0981 e. The van der Waals surface area contributed by atoms with E-state index in [0.29, 0.717) is 6.04 Å². The third-order valence-corrected chi connectivity index (χ3v) is 5.95. The Morgan fingerprint density at radius 1 is 1.14 bits per heavy atom. The summed E-state index contributed by atoms with van der Waals surface area (Å²) in [6, 6.07) is 9.40. The van der Waals surface area contributed by atoms with Crippen LogP contribution in [0.4, 0.5) is 0 Å². The van der Waals surface area contributed by atoms with Gasteiger partial charge in [0, 0.05) is 11.6 Å². The van der Waals surface area contributed by atoms with Crippen LogP contribution in [0, 0.1) is 5.92 Å². The first-order chi connectivity index (χ1) is 10.3. The molecule has 1 saturated carbocycles. The molecule has 1 saturated heterocycles. The van der Waals surface area contributed by atoms with Crippen LogP contribution in [-0.2, 0) is 11.2 Å². The second-order valence-corrected chi connectivity index (χ2v) is 7.54. The molecule has 1 spiro atoms. The molecule has 2 unspecified atom stereocenters. The van der Waals surface area contributed by atoms with Crippen molar-refractivity contribution in [3.8, 4) is 0 Å². The number of aryl methyl sites for hydroxylation is 1. The van der Waals surface area contributed by atoms with E-state index in [9.17, 15) is 0 Å². The Morgan fingerprint density at radius 2 is 1.95 bits per heavy atom. The lowest BCUT2D eigenvalue weighted by atomic mass is 9.75. The van der Waals surface area contributed by atoms with E-state index in [-0.39, 0.29) is 11.6 Å². The Labute approximate surface area is 128 Å². The molecule has 2 heteroatoms. The van der Waals surface area contributed by atoms with Gasteiger partial charge < -0.3 is 10.1 Å². The van der Waals surface area contributed by atoms with Crippen molar-refractivity contribution in [2.75, 3.05) is 6.61 Å². The first-order valence-corrected chi connectivity index (χ1v) is 8.73. The summed E-state index contributed by atoms with van der Waals surface area (Å²) in [5, 5.41) is 4.05. The van der Waals surface area contributed by atoms with E-state index in [0.717, 1.165) is 12.5 Å². The minimum atomic E-state index is 0.271. The van der Waals surface area contributed by atoms with Crippen molar-refractivity contribution in [2.24, 2.45) is 5.92 Å². The number of hydrogen-bond acceptors (Lipinski definition) is 2. The van der Waals surface area contributed by atoms with Crippen LogP contribution >= 0.6 is 0 Å². The molecular formula is C19H27NO. The molecule has 1 N–H and O–H groups in total. The molecule has 1 heterocycles. The van der Waals surface area contributed by atoms with E-state index in [1.165, 1.54) is 56.1 Å². The van der Waals surface area contributed by atoms with E-state index in [2.05, 4.69) is 36.5 Å². The third-order valence-electron chi connectivity index (χ3n) is 5.95. The van der Waals surface area contributed by atoms with E-state index in [1.807, 2.05) is 0 Å². The minimum Gasteiger partial charge on any atom is -0.370 e. The third kappa shape index (κ3) is 2.53. The first kappa shape index (κ1) is 13.8. The maximum absolute atomic E-state index is 6.45. The fourth-order valence-corrected chi connectivity index (χ4v) is 4.56. The Hall–Kier alpha value is -0.860. The number of hydrogen-bond donors (Lipinski definition) is 1. The summed E-state index contributed by atoms with van der Waals surface area (Å²) in [5.74, 6) is 0.894. The van der Waals surface area contributed by atoms with Gasteiger partial charge in [-0.05, 0) is 62.0 Å². The fraction of sp³-hybridized carbons (Fsp3) is 0.684. The first-order valence-electron chi connectivity index (χ1n) is 8.73. The van der Waals surface area contributed by atoms with Gasteiger partial charge in [-0.1, -0.05) is 31.2 Å². The fourth-order valence-electron chi connectivity index (χ4n) is 4.56. The Bertz CT molecular complexity index is 504. The van der Waals surface area contributed by atoms with E-state index in [4.69, 9.17) is 4.74 Å². The predicted octanol–water partition coefficient (Wildman–Crippen LogP) is 4.00. The van der Waals surface area contributed by atoms with Crippen molar-refractivity contribution in [1.82, 2.24) is 5.32 Å².